The summed E-state index contributed by atoms with van der Waals surface area (Å²) in [5, 5.41) is 3.59. The maximum Gasteiger partial charge on any atom is 0.327 e. The molecule has 0 bridgehead atoms. The average Bonchev–Trinajstić information content (AvgIpc) is 2.91. The first-order valence-electron chi connectivity index (χ1n) is 12.6. The van der Waals surface area contributed by atoms with Crippen LogP contribution in [0.2, 0.25) is 5.02 Å². The van der Waals surface area contributed by atoms with Crippen LogP contribution in [-0.4, -0.2) is 55.4 Å². The minimum absolute atomic E-state index is 0.185. The molecule has 4 amide bonds. The molecule has 0 aromatic heterocycles. The molecular weight excluding hydrogens is 596 g/mol. The van der Waals surface area contributed by atoms with Crippen LogP contribution in [0.5, 0.6) is 5.75 Å². The number of para-hydroxylation sites is 1. The van der Waals surface area contributed by atoms with Crippen molar-refractivity contribution in [2.75, 3.05) is 32.6 Å². The first kappa shape index (κ1) is 29.2. The van der Waals surface area contributed by atoms with Gasteiger partial charge < -0.3 is 19.9 Å². The highest BCUT2D eigenvalue weighted by Crippen LogP contribution is 2.38. The molecule has 10 heteroatoms. The van der Waals surface area contributed by atoms with E-state index in [0.717, 1.165) is 10.0 Å². The second-order valence-corrected chi connectivity index (χ2v) is 11.0. The Kier molecular flexibility index (Phi) is 9.17. The first-order chi connectivity index (χ1) is 19.1. The highest BCUT2D eigenvalue weighted by atomic mass is 79.9. The lowest BCUT2D eigenvalue weighted by Gasteiger charge is -2.37. The summed E-state index contributed by atoms with van der Waals surface area (Å²) in [6.07, 6.45) is 0. The number of halogens is 2. The number of urea groups is 1. The Bertz CT molecular complexity index is 1480. The van der Waals surface area contributed by atoms with E-state index in [9.17, 15) is 14.4 Å². The summed E-state index contributed by atoms with van der Waals surface area (Å²) in [4.78, 5) is 44.5. The Balaban J connectivity index is 1.79. The Labute approximate surface area is 247 Å². The Morgan fingerprint density at radius 2 is 1.75 bits per heavy atom. The van der Waals surface area contributed by atoms with E-state index in [1.165, 1.54) is 9.80 Å². The predicted molar refractivity (Wildman–Crippen MR) is 159 cm³/mol. The highest BCUT2D eigenvalue weighted by molar-refractivity contribution is 9.10. The van der Waals surface area contributed by atoms with Gasteiger partial charge in [-0.1, -0.05) is 63.9 Å². The smallest absolute Gasteiger partial charge is 0.327 e. The zero-order valence-electron chi connectivity index (χ0n) is 22.7. The molecule has 1 aliphatic heterocycles. The van der Waals surface area contributed by atoms with Gasteiger partial charge in [0.2, 0.25) is 0 Å². The molecule has 8 nitrogen and oxygen atoms in total. The van der Waals surface area contributed by atoms with Gasteiger partial charge in [0.1, 0.15) is 5.75 Å². The molecule has 1 unspecified atom stereocenters. The number of likely N-dealkylation sites (N-methyl/N-ethyl adjacent to an activating group) is 2. The van der Waals surface area contributed by atoms with Crippen molar-refractivity contribution in [2.24, 2.45) is 0 Å². The number of hydrogen-bond donors (Lipinski definition) is 1. The predicted octanol–water partition coefficient (Wildman–Crippen LogP) is 5.77. The van der Waals surface area contributed by atoms with Gasteiger partial charge >= 0.3 is 6.03 Å². The van der Waals surface area contributed by atoms with Crippen molar-refractivity contribution in [1.82, 2.24) is 15.1 Å². The van der Waals surface area contributed by atoms with Gasteiger partial charge in [0.25, 0.3) is 11.8 Å². The monoisotopic (exact) mass is 624 g/mol. The van der Waals surface area contributed by atoms with Gasteiger partial charge in [0.15, 0.2) is 6.61 Å². The number of rotatable bonds is 8. The molecule has 0 saturated carbocycles. The van der Waals surface area contributed by atoms with Crippen LogP contribution in [0.4, 0.5) is 10.5 Å². The number of anilines is 1. The van der Waals surface area contributed by atoms with Gasteiger partial charge in [0, 0.05) is 48.4 Å². The number of allylic oxidation sites excluding steroid dienone is 1. The number of amides is 4. The van der Waals surface area contributed by atoms with Gasteiger partial charge in [0.05, 0.1) is 17.3 Å². The molecule has 0 aliphatic carbocycles. The fourth-order valence-corrected chi connectivity index (χ4v) is 5.09. The van der Waals surface area contributed by atoms with E-state index in [0.29, 0.717) is 39.8 Å². The molecule has 1 N–H and O–H groups in total. The van der Waals surface area contributed by atoms with E-state index in [2.05, 4.69) is 21.2 Å². The van der Waals surface area contributed by atoms with E-state index in [1.54, 1.807) is 69.4 Å². The molecular formula is C30H30BrClN4O4. The number of benzene rings is 3. The molecule has 40 heavy (non-hydrogen) atoms. The number of nitrogens with zero attached hydrogens (tertiary/aromatic N) is 3. The lowest BCUT2D eigenvalue weighted by Crippen LogP contribution is -2.49. The number of nitrogens with one attached hydrogen (secondary N) is 1. The number of hydrogen-bond acceptors (Lipinski definition) is 4. The Morgan fingerprint density at radius 1 is 1.02 bits per heavy atom. The van der Waals surface area contributed by atoms with Crippen molar-refractivity contribution in [3.8, 4) is 5.75 Å². The van der Waals surface area contributed by atoms with Crippen LogP contribution in [0.1, 0.15) is 24.1 Å². The molecule has 3 aromatic rings. The lowest BCUT2D eigenvalue weighted by atomic mass is 9.92. The maximum atomic E-state index is 14.1. The maximum absolute atomic E-state index is 14.1. The van der Waals surface area contributed by atoms with E-state index in [4.69, 9.17) is 16.3 Å². The van der Waals surface area contributed by atoms with Crippen LogP contribution < -0.4 is 15.0 Å². The van der Waals surface area contributed by atoms with Crippen molar-refractivity contribution in [1.29, 1.82) is 0 Å². The SMILES string of the molecule is CC1=C(C(=O)N(C)Cc2cccc(Cl)c2)C(c2ccccc2OCC(=O)N(C)C)NC(=O)N1c1cccc(Br)c1. The van der Waals surface area contributed by atoms with Gasteiger partial charge in [-0.25, -0.2) is 4.79 Å². The quantitative estimate of drug-likeness (QED) is 0.345. The minimum atomic E-state index is -0.823. The molecule has 1 atom stereocenters. The highest BCUT2D eigenvalue weighted by Gasteiger charge is 2.38. The van der Waals surface area contributed by atoms with E-state index < -0.39 is 12.1 Å². The summed E-state index contributed by atoms with van der Waals surface area (Å²) in [6, 6.07) is 20.5. The third-order valence-electron chi connectivity index (χ3n) is 6.52. The third-order valence-corrected chi connectivity index (χ3v) is 7.25. The Hall–Kier alpha value is -3.82. The van der Waals surface area contributed by atoms with Crippen LogP contribution in [0.15, 0.2) is 88.5 Å². The van der Waals surface area contributed by atoms with Gasteiger partial charge in [-0.05, 0) is 48.9 Å². The Morgan fingerprint density at radius 3 is 2.45 bits per heavy atom. The molecule has 0 spiro atoms. The minimum Gasteiger partial charge on any atom is -0.483 e. The number of ether oxygens (including phenoxy) is 1. The number of carbonyl (C=O) groups excluding carboxylic acids is 3. The summed E-state index contributed by atoms with van der Waals surface area (Å²) in [7, 11) is 5.00. The molecule has 208 valence electrons. The van der Waals surface area contributed by atoms with Crippen LogP contribution in [-0.2, 0) is 16.1 Å². The van der Waals surface area contributed by atoms with Crippen molar-refractivity contribution >= 4 is 51.1 Å². The molecule has 0 fully saturated rings. The van der Waals surface area contributed by atoms with Crippen molar-refractivity contribution in [3.63, 3.8) is 0 Å². The summed E-state index contributed by atoms with van der Waals surface area (Å²) >= 11 is 9.64. The van der Waals surface area contributed by atoms with E-state index in [1.807, 2.05) is 36.4 Å². The molecule has 0 saturated heterocycles. The van der Waals surface area contributed by atoms with Crippen LogP contribution in [0.25, 0.3) is 0 Å². The van der Waals surface area contributed by atoms with E-state index in [-0.39, 0.29) is 18.4 Å². The van der Waals surface area contributed by atoms with Gasteiger partial charge in [-0.2, -0.15) is 0 Å². The van der Waals surface area contributed by atoms with Crippen LogP contribution in [0.3, 0.4) is 0 Å². The average molecular weight is 626 g/mol. The fourth-order valence-electron chi connectivity index (χ4n) is 4.49. The van der Waals surface area contributed by atoms with Crippen molar-refractivity contribution < 1.29 is 19.1 Å². The zero-order chi connectivity index (χ0) is 29.0. The van der Waals surface area contributed by atoms with Gasteiger partial charge in [-0.15, -0.1) is 0 Å². The van der Waals surface area contributed by atoms with Crippen LogP contribution >= 0.6 is 27.5 Å². The molecule has 3 aromatic carbocycles. The third kappa shape index (κ3) is 6.48. The summed E-state index contributed by atoms with van der Waals surface area (Å²) in [5.74, 6) is -0.0938. The molecule has 1 aliphatic rings. The summed E-state index contributed by atoms with van der Waals surface area (Å²) in [5.41, 5.74) is 2.89. The fraction of sp³-hybridized carbons (Fsp3) is 0.233. The van der Waals surface area contributed by atoms with Crippen LogP contribution in [0, 0.1) is 0 Å². The second kappa shape index (κ2) is 12.6. The molecule has 0 radical (unpaired) electrons. The number of carbonyl (C=O) groups is 3. The van der Waals surface area contributed by atoms with E-state index >= 15 is 0 Å². The van der Waals surface area contributed by atoms with Crippen molar-refractivity contribution in [3.05, 3.63) is 105 Å². The second-order valence-electron chi connectivity index (χ2n) is 9.60. The van der Waals surface area contributed by atoms with Gasteiger partial charge in [-0.3, -0.25) is 14.5 Å². The standard InChI is InChI=1S/C30H30BrClN4O4/c1-19-27(29(38)35(4)17-20-9-7-11-22(32)15-20)28(33-30(39)36(19)23-12-8-10-21(31)16-23)24-13-5-6-14-25(24)40-18-26(37)34(2)3/h5-16,28H,17-18H2,1-4H3,(H,33,39). The van der Waals surface area contributed by atoms with Crippen molar-refractivity contribution in [2.45, 2.75) is 19.5 Å². The summed E-state index contributed by atoms with van der Waals surface area (Å²) < 4.78 is 6.68. The zero-order valence-corrected chi connectivity index (χ0v) is 25.0. The molecule has 4 rings (SSSR count). The summed E-state index contributed by atoms with van der Waals surface area (Å²) in [6.45, 7) is 1.88. The topological polar surface area (TPSA) is 82.2 Å². The first-order valence-corrected chi connectivity index (χ1v) is 13.7. The normalized spacial score (nSPS) is 15.0. The molecule has 1 heterocycles. The lowest BCUT2D eigenvalue weighted by molar-refractivity contribution is -0.131. The largest absolute Gasteiger partial charge is 0.483 e.